The predicted molar refractivity (Wildman–Crippen MR) is 69.9 cm³/mol. The fourth-order valence-electron chi connectivity index (χ4n) is 1.97. The molecule has 1 aliphatic rings. The standard InChI is InChI=1S/C12H20N4O2/c1-3-5-18-12-10(13)11(14-8-15-12)16(2)9-4-6-17-7-9/h8-9H,3-7,13H2,1-2H3. The van der Waals surface area contributed by atoms with Gasteiger partial charge in [0.25, 0.3) is 0 Å². The molecular weight excluding hydrogens is 232 g/mol. The highest BCUT2D eigenvalue weighted by Gasteiger charge is 2.24. The summed E-state index contributed by atoms with van der Waals surface area (Å²) in [5.74, 6) is 1.18. The van der Waals surface area contributed by atoms with Crippen molar-refractivity contribution in [3.63, 3.8) is 0 Å². The van der Waals surface area contributed by atoms with E-state index in [2.05, 4.69) is 9.97 Å². The van der Waals surface area contributed by atoms with Gasteiger partial charge in [0.05, 0.1) is 19.3 Å². The third-order valence-electron chi connectivity index (χ3n) is 3.06. The Morgan fingerprint density at radius 1 is 1.56 bits per heavy atom. The molecule has 1 aromatic heterocycles. The summed E-state index contributed by atoms with van der Waals surface area (Å²) in [7, 11) is 1.97. The van der Waals surface area contributed by atoms with E-state index < -0.39 is 0 Å². The number of anilines is 2. The molecule has 2 rings (SSSR count). The van der Waals surface area contributed by atoms with Gasteiger partial charge in [-0.1, -0.05) is 6.92 Å². The van der Waals surface area contributed by atoms with Crippen molar-refractivity contribution >= 4 is 11.5 Å². The van der Waals surface area contributed by atoms with Crippen LogP contribution in [0.2, 0.25) is 0 Å². The number of nitrogens with two attached hydrogens (primary N) is 1. The van der Waals surface area contributed by atoms with Crippen LogP contribution in [-0.2, 0) is 4.74 Å². The van der Waals surface area contributed by atoms with Crippen molar-refractivity contribution in [3.05, 3.63) is 6.33 Å². The average molecular weight is 252 g/mol. The van der Waals surface area contributed by atoms with Crippen LogP contribution in [0.4, 0.5) is 11.5 Å². The van der Waals surface area contributed by atoms with E-state index in [-0.39, 0.29) is 0 Å². The third kappa shape index (κ3) is 2.64. The minimum atomic E-state index is 0.321. The zero-order valence-corrected chi connectivity index (χ0v) is 10.9. The fraction of sp³-hybridized carbons (Fsp3) is 0.667. The Hall–Kier alpha value is -1.56. The van der Waals surface area contributed by atoms with Gasteiger partial charge in [0.1, 0.15) is 12.0 Å². The summed E-state index contributed by atoms with van der Waals surface area (Å²) < 4.78 is 10.9. The van der Waals surface area contributed by atoms with Crippen LogP contribution in [0.15, 0.2) is 6.33 Å². The second-order valence-corrected chi connectivity index (χ2v) is 4.39. The topological polar surface area (TPSA) is 73.5 Å². The third-order valence-corrected chi connectivity index (χ3v) is 3.06. The molecule has 0 aliphatic carbocycles. The van der Waals surface area contributed by atoms with Crippen molar-refractivity contribution < 1.29 is 9.47 Å². The molecule has 1 unspecified atom stereocenters. The second-order valence-electron chi connectivity index (χ2n) is 4.39. The number of likely N-dealkylation sites (N-methyl/N-ethyl adjacent to an activating group) is 1. The van der Waals surface area contributed by atoms with Gasteiger partial charge in [0, 0.05) is 13.7 Å². The second kappa shape index (κ2) is 5.86. The van der Waals surface area contributed by atoms with E-state index in [1.165, 1.54) is 6.33 Å². The molecule has 0 radical (unpaired) electrons. The molecule has 0 saturated carbocycles. The van der Waals surface area contributed by atoms with E-state index in [0.29, 0.717) is 36.6 Å². The first kappa shape index (κ1) is 12.9. The van der Waals surface area contributed by atoms with Crippen molar-refractivity contribution in [2.75, 3.05) is 37.5 Å². The van der Waals surface area contributed by atoms with Crippen molar-refractivity contribution in [2.45, 2.75) is 25.8 Å². The first-order valence-electron chi connectivity index (χ1n) is 6.28. The van der Waals surface area contributed by atoms with Gasteiger partial charge in [-0.25, -0.2) is 4.98 Å². The monoisotopic (exact) mass is 252 g/mol. The van der Waals surface area contributed by atoms with E-state index >= 15 is 0 Å². The van der Waals surface area contributed by atoms with E-state index in [0.717, 1.165) is 19.4 Å². The molecule has 0 aromatic carbocycles. The number of ether oxygens (including phenoxy) is 2. The lowest BCUT2D eigenvalue weighted by Gasteiger charge is -2.25. The van der Waals surface area contributed by atoms with Crippen LogP contribution in [-0.4, -0.2) is 42.9 Å². The molecular formula is C12H20N4O2. The SMILES string of the molecule is CCCOc1ncnc(N(C)C2CCOC2)c1N. The first-order valence-corrected chi connectivity index (χ1v) is 6.28. The predicted octanol–water partition coefficient (Wildman–Crippen LogP) is 1.07. The largest absolute Gasteiger partial charge is 0.476 e. The van der Waals surface area contributed by atoms with Crippen molar-refractivity contribution in [1.29, 1.82) is 0 Å². The van der Waals surface area contributed by atoms with Gasteiger partial charge in [0.15, 0.2) is 5.82 Å². The van der Waals surface area contributed by atoms with Crippen LogP contribution < -0.4 is 15.4 Å². The summed E-state index contributed by atoms with van der Waals surface area (Å²) >= 11 is 0. The molecule has 1 saturated heterocycles. The van der Waals surface area contributed by atoms with Crippen molar-refractivity contribution in [3.8, 4) is 5.88 Å². The summed E-state index contributed by atoms with van der Waals surface area (Å²) in [5, 5.41) is 0. The van der Waals surface area contributed by atoms with Crippen LogP contribution in [0.3, 0.4) is 0 Å². The summed E-state index contributed by atoms with van der Waals surface area (Å²) in [5.41, 5.74) is 6.56. The lowest BCUT2D eigenvalue weighted by atomic mass is 10.2. The van der Waals surface area contributed by atoms with Gasteiger partial charge >= 0.3 is 0 Å². The smallest absolute Gasteiger partial charge is 0.242 e. The van der Waals surface area contributed by atoms with Crippen LogP contribution in [0.5, 0.6) is 5.88 Å². The van der Waals surface area contributed by atoms with Crippen LogP contribution >= 0.6 is 0 Å². The normalized spacial score (nSPS) is 18.9. The van der Waals surface area contributed by atoms with Gasteiger partial charge in [-0.05, 0) is 12.8 Å². The zero-order chi connectivity index (χ0) is 13.0. The molecule has 1 atom stereocenters. The fourth-order valence-corrected chi connectivity index (χ4v) is 1.97. The van der Waals surface area contributed by atoms with E-state index in [1.54, 1.807) is 0 Å². The van der Waals surface area contributed by atoms with Crippen LogP contribution in [0, 0.1) is 0 Å². The van der Waals surface area contributed by atoms with E-state index in [9.17, 15) is 0 Å². The van der Waals surface area contributed by atoms with Crippen LogP contribution in [0.25, 0.3) is 0 Å². The molecule has 2 N–H and O–H groups in total. The van der Waals surface area contributed by atoms with Gasteiger partial charge in [-0.3, -0.25) is 0 Å². The van der Waals surface area contributed by atoms with Crippen molar-refractivity contribution in [1.82, 2.24) is 9.97 Å². The Labute approximate surface area is 107 Å². The highest BCUT2D eigenvalue weighted by molar-refractivity contribution is 5.67. The summed E-state index contributed by atoms with van der Waals surface area (Å²) in [6, 6.07) is 0.321. The average Bonchev–Trinajstić information content (AvgIpc) is 2.91. The summed E-state index contributed by atoms with van der Waals surface area (Å²) in [6.07, 6.45) is 3.40. The molecule has 0 spiro atoms. The lowest BCUT2D eigenvalue weighted by molar-refractivity contribution is 0.193. The molecule has 1 aromatic rings. The minimum absolute atomic E-state index is 0.321. The Kier molecular flexibility index (Phi) is 4.19. The Morgan fingerprint density at radius 2 is 2.39 bits per heavy atom. The Morgan fingerprint density at radius 3 is 3.06 bits per heavy atom. The number of hydrogen-bond acceptors (Lipinski definition) is 6. The quantitative estimate of drug-likeness (QED) is 0.845. The lowest BCUT2D eigenvalue weighted by Crippen LogP contribution is -2.33. The highest BCUT2D eigenvalue weighted by Crippen LogP contribution is 2.29. The summed E-state index contributed by atoms with van der Waals surface area (Å²) in [4.78, 5) is 10.4. The molecule has 0 amide bonds. The minimum Gasteiger partial charge on any atom is -0.476 e. The van der Waals surface area contributed by atoms with E-state index in [1.807, 2.05) is 18.9 Å². The Bertz CT molecular complexity index is 394. The molecule has 1 fully saturated rings. The molecule has 100 valence electrons. The number of nitrogen functional groups attached to an aromatic ring is 1. The van der Waals surface area contributed by atoms with Gasteiger partial charge in [-0.15, -0.1) is 0 Å². The van der Waals surface area contributed by atoms with Crippen LogP contribution in [0.1, 0.15) is 19.8 Å². The number of aromatic nitrogens is 2. The van der Waals surface area contributed by atoms with Gasteiger partial charge in [0.2, 0.25) is 5.88 Å². The zero-order valence-electron chi connectivity index (χ0n) is 10.9. The highest BCUT2D eigenvalue weighted by atomic mass is 16.5. The molecule has 18 heavy (non-hydrogen) atoms. The molecule has 2 heterocycles. The molecule has 6 heteroatoms. The number of rotatable bonds is 5. The van der Waals surface area contributed by atoms with E-state index in [4.69, 9.17) is 15.2 Å². The molecule has 0 bridgehead atoms. The number of hydrogen-bond donors (Lipinski definition) is 1. The van der Waals surface area contributed by atoms with Crippen molar-refractivity contribution in [2.24, 2.45) is 0 Å². The summed E-state index contributed by atoms with van der Waals surface area (Å²) in [6.45, 7) is 4.15. The van der Waals surface area contributed by atoms with Gasteiger partial charge < -0.3 is 20.1 Å². The van der Waals surface area contributed by atoms with Gasteiger partial charge in [-0.2, -0.15) is 4.98 Å². The maximum absolute atomic E-state index is 6.06. The first-order chi connectivity index (χ1) is 8.74. The maximum atomic E-state index is 6.06. The Balaban J connectivity index is 2.16. The molecule has 1 aliphatic heterocycles. The number of nitrogens with zero attached hydrogens (tertiary/aromatic N) is 3. The molecule has 6 nitrogen and oxygen atoms in total. The maximum Gasteiger partial charge on any atom is 0.242 e.